The Balaban J connectivity index is 0.000000211. The summed E-state index contributed by atoms with van der Waals surface area (Å²) in [5, 5.41) is 0. The maximum atomic E-state index is 12.0. The van der Waals surface area contributed by atoms with Crippen LogP contribution in [0.4, 0.5) is 0 Å². The largest absolute Gasteiger partial charge is 0.465 e. The second-order valence-corrected chi connectivity index (χ2v) is 12.8. The second kappa shape index (κ2) is 12.7. The maximum Gasteiger partial charge on any atom is 0.311 e. The van der Waals surface area contributed by atoms with E-state index in [9.17, 15) is 14.4 Å². The summed E-state index contributed by atoms with van der Waals surface area (Å²) in [5.41, 5.74) is -0.403. The smallest absolute Gasteiger partial charge is 0.311 e. The average molecular weight is 539 g/mol. The van der Waals surface area contributed by atoms with Crippen molar-refractivity contribution < 1.29 is 38.1 Å². The van der Waals surface area contributed by atoms with Crippen LogP contribution in [0.2, 0.25) is 0 Å². The first-order valence-corrected chi connectivity index (χ1v) is 14.7. The van der Waals surface area contributed by atoms with E-state index >= 15 is 0 Å². The topological polar surface area (TPSA) is 97.4 Å². The van der Waals surface area contributed by atoms with Gasteiger partial charge in [0.25, 0.3) is 0 Å². The van der Waals surface area contributed by atoms with Gasteiger partial charge in [-0.1, -0.05) is 27.7 Å². The Labute approximate surface area is 228 Å². The fourth-order valence-corrected chi connectivity index (χ4v) is 5.95. The Morgan fingerprint density at radius 3 is 2.26 bits per heavy atom. The van der Waals surface area contributed by atoms with Crippen molar-refractivity contribution in [3.05, 3.63) is 0 Å². The van der Waals surface area contributed by atoms with Crippen LogP contribution in [0.1, 0.15) is 87.5 Å². The average Bonchev–Trinajstić information content (AvgIpc) is 3.58. The van der Waals surface area contributed by atoms with E-state index in [4.69, 9.17) is 23.7 Å². The summed E-state index contributed by atoms with van der Waals surface area (Å²) < 4.78 is 27.7. The lowest BCUT2D eigenvalue weighted by atomic mass is 9.80. The van der Waals surface area contributed by atoms with Crippen molar-refractivity contribution >= 4 is 17.9 Å². The third-order valence-electron chi connectivity index (χ3n) is 9.43. The molecule has 0 aromatic carbocycles. The van der Waals surface area contributed by atoms with E-state index in [-0.39, 0.29) is 35.8 Å². The molecule has 7 unspecified atom stereocenters. The van der Waals surface area contributed by atoms with Gasteiger partial charge in [0.05, 0.1) is 43.7 Å². The molecule has 2 bridgehead atoms. The van der Waals surface area contributed by atoms with Crippen LogP contribution in [0.3, 0.4) is 0 Å². The van der Waals surface area contributed by atoms with E-state index in [0.717, 1.165) is 32.1 Å². The lowest BCUT2D eigenvalue weighted by Crippen LogP contribution is -2.43. The lowest BCUT2D eigenvalue weighted by Gasteiger charge is -2.38. The minimum absolute atomic E-state index is 0.0206. The van der Waals surface area contributed by atoms with E-state index in [1.54, 1.807) is 0 Å². The van der Waals surface area contributed by atoms with E-state index < -0.39 is 11.2 Å². The first-order chi connectivity index (χ1) is 17.8. The molecule has 218 valence electrons. The molecule has 2 aliphatic heterocycles. The molecule has 2 aliphatic carbocycles. The molecule has 2 saturated carbocycles. The second-order valence-electron chi connectivity index (χ2n) is 12.8. The maximum absolute atomic E-state index is 12.0. The first kappa shape index (κ1) is 30.9. The van der Waals surface area contributed by atoms with Crippen molar-refractivity contribution in [1.29, 1.82) is 0 Å². The summed E-state index contributed by atoms with van der Waals surface area (Å²) in [7, 11) is 0. The summed E-state index contributed by atoms with van der Waals surface area (Å²) in [4.78, 5) is 35.5. The van der Waals surface area contributed by atoms with Gasteiger partial charge in [-0.05, 0) is 65.7 Å². The van der Waals surface area contributed by atoms with E-state index in [1.165, 1.54) is 0 Å². The van der Waals surface area contributed by atoms with Gasteiger partial charge in [0.15, 0.2) is 5.79 Å². The molecule has 4 aliphatic rings. The molecule has 4 rings (SSSR count). The van der Waals surface area contributed by atoms with Crippen molar-refractivity contribution in [3.63, 3.8) is 0 Å². The van der Waals surface area contributed by atoms with Crippen LogP contribution in [0.15, 0.2) is 0 Å². The third kappa shape index (κ3) is 7.09. The Bertz CT molecular complexity index is 826. The van der Waals surface area contributed by atoms with Crippen molar-refractivity contribution in [2.24, 2.45) is 46.8 Å². The minimum Gasteiger partial charge on any atom is -0.465 e. The fourth-order valence-electron chi connectivity index (χ4n) is 5.95. The molecule has 0 aromatic rings. The number of esters is 3. The molecule has 7 atom stereocenters. The SMILES string of the molecule is CCC(C)C(=O)OC1CC2CC1C1COC(=O)C21.CCC(COC(=O)C(C)(C)CC)C1COC(C)(C)OC1. The molecule has 8 heteroatoms. The van der Waals surface area contributed by atoms with E-state index in [0.29, 0.717) is 56.0 Å². The van der Waals surface area contributed by atoms with E-state index in [2.05, 4.69) is 6.92 Å². The van der Waals surface area contributed by atoms with Crippen LogP contribution < -0.4 is 0 Å². The molecule has 0 radical (unpaired) electrons. The molecule has 0 aromatic heterocycles. The number of cyclic esters (lactones) is 1. The van der Waals surface area contributed by atoms with Crippen LogP contribution in [0, 0.1) is 46.8 Å². The quantitative estimate of drug-likeness (QED) is 0.293. The van der Waals surface area contributed by atoms with E-state index in [1.807, 2.05) is 48.5 Å². The van der Waals surface area contributed by atoms with Crippen LogP contribution in [-0.2, 0) is 38.1 Å². The Morgan fingerprint density at radius 1 is 1.03 bits per heavy atom. The number of hydrogen-bond donors (Lipinski definition) is 0. The molecule has 0 N–H and O–H groups in total. The van der Waals surface area contributed by atoms with Crippen LogP contribution in [0.5, 0.6) is 0 Å². The lowest BCUT2D eigenvalue weighted by molar-refractivity contribution is -0.269. The third-order valence-corrected chi connectivity index (χ3v) is 9.43. The zero-order valence-corrected chi connectivity index (χ0v) is 24.7. The molecule has 2 saturated heterocycles. The van der Waals surface area contributed by atoms with Gasteiger partial charge < -0.3 is 23.7 Å². The molecule has 4 fully saturated rings. The van der Waals surface area contributed by atoms with Gasteiger partial charge in [0.2, 0.25) is 0 Å². The number of ether oxygens (including phenoxy) is 5. The van der Waals surface area contributed by atoms with Gasteiger partial charge >= 0.3 is 17.9 Å². The summed E-state index contributed by atoms with van der Waals surface area (Å²) in [5.74, 6) is 0.959. The minimum atomic E-state index is -0.490. The summed E-state index contributed by atoms with van der Waals surface area (Å²) in [6.45, 7) is 18.0. The van der Waals surface area contributed by atoms with Gasteiger partial charge in [0.1, 0.15) is 6.10 Å². The molecule has 0 amide bonds. The fraction of sp³-hybridized carbons (Fsp3) is 0.900. The number of fused-ring (bicyclic) bond motifs is 5. The van der Waals surface area contributed by atoms with Crippen molar-refractivity contribution in [2.75, 3.05) is 26.4 Å². The van der Waals surface area contributed by atoms with Gasteiger partial charge in [-0.2, -0.15) is 0 Å². The van der Waals surface area contributed by atoms with Crippen LogP contribution in [0.25, 0.3) is 0 Å². The van der Waals surface area contributed by atoms with Crippen molar-refractivity contribution in [3.8, 4) is 0 Å². The van der Waals surface area contributed by atoms with Gasteiger partial charge in [-0.15, -0.1) is 0 Å². The summed E-state index contributed by atoms with van der Waals surface area (Å²) >= 11 is 0. The molecular weight excluding hydrogens is 488 g/mol. The number of hydrogen-bond acceptors (Lipinski definition) is 8. The standard InChI is InChI=1S/C16H30O4.C14H20O4/c1-7-12(9-18-14(17)15(3,4)8-2)13-10-19-16(5,6)20-11-13;1-3-7(2)13(15)18-11-5-8-4-9(11)10-6-17-14(16)12(8)10/h12-13H,7-11H2,1-6H3;7-12H,3-6H2,1-2H3. The highest BCUT2D eigenvalue weighted by Gasteiger charge is 2.60. The predicted molar refractivity (Wildman–Crippen MR) is 142 cm³/mol. The summed E-state index contributed by atoms with van der Waals surface area (Å²) in [6, 6.07) is 0. The van der Waals surface area contributed by atoms with Crippen molar-refractivity contribution in [1.82, 2.24) is 0 Å². The Morgan fingerprint density at radius 2 is 1.68 bits per heavy atom. The van der Waals surface area contributed by atoms with Gasteiger partial charge in [0, 0.05) is 23.7 Å². The zero-order valence-electron chi connectivity index (χ0n) is 24.7. The molecule has 0 spiro atoms. The predicted octanol–water partition coefficient (Wildman–Crippen LogP) is 5.16. The van der Waals surface area contributed by atoms with Crippen LogP contribution in [-0.4, -0.2) is 56.2 Å². The molecular formula is C30H50O8. The summed E-state index contributed by atoms with van der Waals surface area (Å²) in [6.07, 6.45) is 4.45. The first-order valence-electron chi connectivity index (χ1n) is 14.7. The number of carbonyl (C=O) groups excluding carboxylic acids is 3. The monoisotopic (exact) mass is 538 g/mol. The Hall–Kier alpha value is -1.67. The highest BCUT2D eigenvalue weighted by molar-refractivity contribution is 5.76. The van der Waals surface area contributed by atoms with Crippen molar-refractivity contribution in [2.45, 2.75) is 99.4 Å². The van der Waals surface area contributed by atoms with Crippen LogP contribution >= 0.6 is 0 Å². The van der Waals surface area contributed by atoms with Gasteiger partial charge in [-0.3, -0.25) is 14.4 Å². The number of carbonyl (C=O) groups is 3. The highest BCUT2D eigenvalue weighted by Crippen LogP contribution is 2.56. The highest BCUT2D eigenvalue weighted by atomic mass is 16.7. The van der Waals surface area contributed by atoms with Gasteiger partial charge in [-0.25, -0.2) is 0 Å². The number of rotatable bonds is 9. The Kier molecular flexibility index (Phi) is 10.3. The molecule has 8 nitrogen and oxygen atoms in total. The molecule has 2 heterocycles. The zero-order chi connectivity index (χ0) is 28.3. The normalized spacial score (nSPS) is 31.5. The molecule has 38 heavy (non-hydrogen) atoms.